The van der Waals surface area contributed by atoms with Gasteiger partial charge in [0.05, 0.1) is 11.8 Å². The molecule has 0 fully saturated rings. The summed E-state index contributed by atoms with van der Waals surface area (Å²) in [6, 6.07) is 9.02. The lowest BCUT2D eigenvalue weighted by molar-refractivity contribution is 0.564. The number of hydrogen-bond donors (Lipinski definition) is 1. The molecule has 17 heavy (non-hydrogen) atoms. The predicted octanol–water partition coefficient (Wildman–Crippen LogP) is 2.69. The standard InChI is InChI=1S/C12H18ClNO2S/c1-2-3-9-17(15,16)14-12(10-13)11-7-5-4-6-8-11/h4-8,12,14H,2-3,9-10H2,1H3. The summed E-state index contributed by atoms with van der Waals surface area (Å²) >= 11 is 5.82. The number of unbranched alkanes of at least 4 members (excludes halogenated alkanes) is 1. The molecule has 0 aliphatic rings. The van der Waals surface area contributed by atoms with Gasteiger partial charge in [-0.25, -0.2) is 13.1 Å². The van der Waals surface area contributed by atoms with E-state index in [1.54, 1.807) is 0 Å². The zero-order valence-corrected chi connectivity index (χ0v) is 11.5. The Balaban J connectivity index is 2.71. The van der Waals surface area contributed by atoms with E-state index in [1.165, 1.54) is 0 Å². The SMILES string of the molecule is CCCCS(=O)(=O)NC(CCl)c1ccccc1. The second kappa shape index (κ2) is 6.99. The molecule has 0 aliphatic heterocycles. The second-order valence-corrected chi connectivity index (χ2v) is 6.09. The maximum absolute atomic E-state index is 11.8. The molecule has 0 aromatic heterocycles. The fourth-order valence-corrected chi connectivity index (χ4v) is 3.27. The Morgan fingerprint density at radius 1 is 1.29 bits per heavy atom. The largest absolute Gasteiger partial charge is 0.212 e. The first-order valence-corrected chi connectivity index (χ1v) is 7.88. The maximum Gasteiger partial charge on any atom is 0.212 e. The minimum Gasteiger partial charge on any atom is -0.212 e. The van der Waals surface area contributed by atoms with Crippen molar-refractivity contribution in [3.05, 3.63) is 35.9 Å². The fraction of sp³-hybridized carbons (Fsp3) is 0.500. The van der Waals surface area contributed by atoms with Crippen LogP contribution in [-0.2, 0) is 10.0 Å². The molecule has 5 heteroatoms. The molecule has 1 N–H and O–H groups in total. The third-order valence-corrected chi connectivity index (χ3v) is 4.22. The van der Waals surface area contributed by atoms with Gasteiger partial charge in [-0.15, -0.1) is 11.6 Å². The van der Waals surface area contributed by atoms with Crippen molar-refractivity contribution in [2.75, 3.05) is 11.6 Å². The van der Waals surface area contributed by atoms with E-state index in [0.717, 1.165) is 12.0 Å². The van der Waals surface area contributed by atoms with Crippen LogP contribution in [0.25, 0.3) is 0 Å². The van der Waals surface area contributed by atoms with Gasteiger partial charge in [0.15, 0.2) is 0 Å². The summed E-state index contributed by atoms with van der Waals surface area (Å²) in [5, 5.41) is 0. The van der Waals surface area contributed by atoms with Crippen LogP contribution in [0.2, 0.25) is 0 Å². The Bertz CT molecular complexity index is 419. The minimum absolute atomic E-state index is 0.156. The molecule has 0 amide bonds. The average Bonchev–Trinajstić information content (AvgIpc) is 2.35. The predicted molar refractivity (Wildman–Crippen MR) is 71.7 cm³/mol. The van der Waals surface area contributed by atoms with Crippen LogP contribution in [0.3, 0.4) is 0 Å². The molecule has 0 bridgehead atoms. The molecule has 0 saturated heterocycles. The molecule has 1 unspecified atom stereocenters. The van der Waals surface area contributed by atoms with Gasteiger partial charge in [-0.1, -0.05) is 43.7 Å². The summed E-state index contributed by atoms with van der Waals surface area (Å²) in [7, 11) is -3.24. The van der Waals surface area contributed by atoms with E-state index in [9.17, 15) is 8.42 Å². The number of halogens is 1. The number of rotatable bonds is 7. The molecule has 1 aromatic carbocycles. The van der Waals surface area contributed by atoms with Gasteiger partial charge < -0.3 is 0 Å². The normalized spacial score (nSPS) is 13.5. The van der Waals surface area contributed by atoms with Gasteiger partial charge in [0.25, 0.3) is 0 Å². The van der Waals surface area contributed by atoms with Crippen LogP contribution in [0.4, 0.5) is 0 Å². The van der Waals surface area contributed by atoms with Crippen molar-refractivity contribution in [3.63, 3.8) is 0 Å². The summed E-state index contributed by atoms with van der Waals surface area (Å²) in [5.41, 5.74) is 0.891. The first kappa shape index (κ1) is 14.5. The van der Waals surface area contributed by atoms with Crippen LogP contribution in [0.1, 0.15) is 31.4 Å². The topological polar surface area (TPSA) is 46.2 Å². The van der Waals surface area contributed by atoms with E-state index >= 15 is 0 Å². The Morgan fingerprint density at radius 3 is 2.47 bits per heavy atom. The average molecular weight is 276 g/mol. The molecule has 0 spiro atoms. The summed E-state index contributed by atoms with van der Waals surface area (Å²) < 4.78 is 26.2. The van der Waals surface area contributed by atoms with Crippen LogP contribution < -0.4 is 4.72 Å². The zero-order chi connectivity index (χ0) is 12.7. The van der Waals surface area contributed by atoms with Gasteiger partial charge in [0.2, 0.25) is 10.0 Å². The van der Waals surface area contributed by atoms with Crippen molar-refractivity contribution in [2.45, 2.75) is 25.8 Å². The molecule has 3 nitrogen and oxygen atoms in total. The first-order chi connectivity index (χ1) is 8.09. The van der Waals surface area contributed by atoms with Crippen molar-refractivity contribution in [2.24, 2.45) is 0 Å². The van der Waals surface area contributed by atoms with E-state index < -0.39 is 10.0 Å². The lowest BCUT2D eigenvalue weighted by Gasteiger charge is -2.16. The highest BCUT2D eigenvalue weighted by Crippen LogP contribution is 2.15. The number of benzene rings is 1. The highest BCUT2D eigenvalue weighted by atomic mass is 35.5. The van der Waals surface area contributed by atoms with Gasteiger partial charge in [0, 0.05) is 5.88 Å². The van der Waals surface area contributed by atoms with E-state index in [2.05, 4.69) is 4.72 Å². The number of sulfonamides is 1. The molecule has 0 aliphatic carbocycles. The lowest BCUT2D eigenvalue weighted by atomic mass is 10.1. The number of hydrogen-bond acceptors (Lipinski definition) is 2. The van der Waals surface area contributed by atoms with Crippen molar-refractivity contribution in [1.29, 1.82) is 0 Å². The summed E-state index contributed by atoms with van der Waals surface area (Å²) in [6.45, 7) is 1.96. The van der Waals surface area contributed by atoms with Gasteiger partial charge in [-0.2, -0.15) is 0 Å². The molecule has 0 heterocycles. The van der Waals surface area contributed by atoms with Gasteiger partial charge in [-0.3, -0.25) is 0 Å². The monoisotopic (exact) mass is 275 g/mol. The maximum atomic E-state index is 11.8. The Labute approximate surface area is 108 Å². The van der Waals surface area contributed by atoms with Crippen LogP contribution in [0, 0.1) is 0 Å². The zero-order valence-electron chi connectivity index (χ0n) is 9.90. The van der Waals surface area contributed by atoms with Crippen LogP contribution in [-0.4, -0.2) is 20.1 Å². The molecule has 1 rings (SSSR count). The molecule has 0 saturated carbocycles. The van der Waals surface area contributed by atoms with Crippen molar-refractivity contribution in [1.82, 2.24) is 4.72 Å². The van der Waals surface area contributed by atoms with Crippen LogP contribution in [0.15, 0.2) is 30.3 Å². The van der Waals surface area contributed by atoms with E-state index in [4.69, 9.17) is 11.6 Å². The Kier molecular flexibility index (Phi) is 5.95. The van der Waals surface area contributed by atoms with Crippen LogP contribution in [0.5, 0.6) is 0 Å². The summed E-state index contributed by atoms with van der Waals surface area (Å²) in [4.78, 5) is 0. The summed E-state index contributed by atoms with van der Waals surface area (Å²) in [5.74, 6) is 0.388. The van der Waals surface area contributed by atoms with Crippen LogP contribution >= 0.6 is 11.6 Å². The van der Waals surface area contributed by atoms with E-state index in [0.29, 0.717) is 6.42 Å². The second-order valence-electron chi connectivity index (χ2n) is 3.91. The first-order valence-electron chi connectivity index (χ1n) is 5.70. The lowest BCUT2D eigenvalue weighted by Crippen LogP contribution is -2.31. The van der Waals surface area contributed by atoms with Gasteiger partial charge in [0.1, 0.15) is 0 Å². The molecule has 96 valence electrons. The highest BCUT2D eigenvalue weighted by molar-refractivity contribution is 7.89. The van der Waals surface area contributed by atoms with Gasteiger partial charge in [-0.05, 0) is 12.0 Å². The molecule has 1 aromatic rings. The number of alkyl halides is 1. The van der Waals surface area contributed by atoms with E-state index in [-0.39, 0.29) is 17.7 Å². The Hall–Kier alpha value is -0.580. The van der Waals surface area contributed by atoms with Crippen molar-refractivity contribution < 1.29 is 8.42 Å². The fourth-order valence-electron chi connectivity index (χ4n) is 1.48. The third kappa shape index (κ3) is 5.06. The molecule has 0 radical (unpaired) electrons. The van der Waals surface area contributed by atoms with Gasteiger partial charge >= 0.3 is 0 Å². The Morgan fingerprint density at radius 2 is 1.94 bits per heavy atom. The smallest absolute Gasteiger partial charge is 0.212 e. The summed E-state index contributed by atoms with van der Waals surface area (Å²) in [6.07, 6.45) is 1.52. The molecule has 1 atom stereocenters. The van der Waals surface area contributed by atoms with Crippen molar-refractivity contribution >= 4 is 21.6 Å². The van der Waals surface area contributed by atoms with Crippen molar-refractivity contribution in [3.8, 4) is 0 Å². The molecular weight excluding hydrogens is 258 g/mol. The highest BCUT2D eigenvalue weighted by Gasteiger charge is 2.17. The van der Waals surface area contributed by atoms with E-state index in [1.807, 2.05) is 37.3 Å². The third-order valence-electron chi connectivity index (χ3n) is 2.44. The minimum atomic E-state index is -3.24. The quantitative estimate of drug-likeness (QED) is 0.778. The molecular formula is C12H18ClNO2S. The number of nitrogens with one attached hydrogen (secondary N) is 1.